The molecule has 8 heteroatoms. The lowest BCUT2D eigenvalue weighted by atomic mass is 10.1. The summed E-state index contributed by atoms with van der Waals surface area (Å²) >= 11 is 8.54. The van der Waals surface area contributed by atoms with Crippen LogP contribution in [-0.4, -0.2) is 16.3 Å². The van der Waals surface area contributed by atoms with E-state index in [1.165, 1.54) is 0 Å². The highest BCUT2D eigenvalue weighted by Gasteiger charge is 2.41. The van der Waals surface area contributed by atoms with Gasteiger partial charge < -0.3 is 9.84 Å². The van der Waals surface area contributed by atoms with Gasteiger partial charge in [0.05, 0.1) is 3.92 Å². The van der Waals surface area contributed by atoms with Gasteiger partial charge in [0.2, 0.25) is 6.29 Å². The van der Waals surface area contributed by atoms with E-state index in [4.69, 9.17) is 4.74 Å². The largest absolute Gasteiger partial charge is 0.508 e. The van der Waals surface area contributed by atoms with Crippen molar-refractivity contribution in [1.29, 1.82) is 0 Å². The lowest BCUT2D eigenvalue weighted by Gasteiger charge is -2.29. The number of phenolic OH excluding ortho intramolecular Hbond substituents is 1. The van der Waals surface area contributed by atoms with Crippen LogP contribution in [-0.2, 0) is 4.79 Å². The summed E-state index contributed by atoms with van der Waals surface area (Å²) < 4.78 is 6.71. The van der Waals surface area contributed by atoms with Gasteiger partial charge in [-0.25, -0.2) is 0 Å². The van der Waals surface area contributed by atoms with Crippen LogP contribution in [0.15, 0.2) is 48.5 Å². The Labute approximate surface area is 189 Å². The van der Waals surface area contributed by atoms with Crippen molar-refractivity contribution in [2.75, 3.05) is 0 Å². The van der Waals surface area contributed by atoms with Crippen molar-refractivity contribution in [3.8, 4) is 17.2 Å². The maximum absolute atomic E-state index is 11.4. The van der Waals surface area contributed by atoms with Gasteiger partial charge in [-0.2, -0.15) is 1.33 Å². The quantitative estimate of drug-likeness (QED) is 0.173. The van der Waals surface area contributed by atoms with E-state index in [1.807, 2.05) is 24.3 Å². The summed E-state index contributed by atoms with van der Waals surface area (Å²) in [6.45, 7) is 0. The Kier molecular flexibility index (Phi) is 7.62. The molecule has 0 spiro atoms. The number of benzene rings is 2. The molecule has 0 saturated carbocycles. The van der Waals surface area contributed by atoms with Gasteiger partial charge in [-0.1, -0.05) is 34.7 Å². The summed E-state index contributed by atoms with van der Waals surface area (Å²) in [5.41, 5.74) is 1.01. The molecule has 0 bridgehead atoms. The summed E-state index contributed by atoms with van der Waals surface area (Å²) in [5, 5.41) is 9.27. The van der Waals surface area contributed by atoms with Crippen molar-refractivity contribution in [2.24, 2.45) is 0 Å². The molecule has 0 aliphatic rings. The third-order valence-electron chi connectivity index (χ3n) is 2.97. The van der Waals surface area contributed by atoms with E-state index in [0.29, 0.717) is 11.5 Å². The third kappa shape index (κ3) is 5.04. The van der Waals surface area contributed by atoms with Crippen LogP contribution in [0.1, 0.15) is 9.49 Å². The average Bonchev–Trinajstić information content (AvgIpc) is 2.56. The predicted octanol–water partition coefficient (Wildman–Crippen LogP) is 5.90. The molecule has 1 unspecified atom stereocenters. The molecule has 2 aromatic rings. The summed E-state index contributed by atoms with van der Waals surface area (Å²) in [5.74, 6) is 1.54. The minimum atomic E-state index is -0.751. The lowest BCUT2D eigenvalue weighted by molar-refractivity contribution is 0.464. The Morgan fingerprint density at radius 2 is 1.52 bits per heavy atom. The number of hydrogen-bond donors (Lipinski definition) is 1. The number of ether oxygens (including phenoxy) is 1. The number of aromatic hydroxyl groups is 1. The van der Waals surface area contributed by atoms with Crippen LogP contribution in [0, 0.1) is 0 Å². The van der Waals surface area contributed by atoms with Gasteiger partial charge >= 0.3 is 0 Å². The fourth-order valence-electron chi connectivity index (χ4n) is 1.75. The second kappa shape index (κ2) is 8.80. The topological polar surface area (TPSA) is 49.8 Å². The van der Waals surface area contributed by atoms with Gasteiger partial charge in [-0.15, -0.1) is 0 Å². The van der Waals surface area contributed by atoms with Gasteiger partial charge in [-0.05, 0) is 64.6 Å². The molecule has 2 aromatic carbocycles. The van der Waals surface area contributed by atoms with Crippen LogP contribution in [0.2, 0.25) is 0 Å². The third-order valence-corrected chi connectivity index (χ3v) is 10.5. The predicted molar refractivity (Wildman–Crippen MR) is 124 cm³/mol. The first-order chi connectivity index (χ1) is 10.9. The van der Waals surface area contributed by atoms with Crippen molar-refractivity contribution in [3.63, 3.8) is 0 Å². The van der Waals surface area contributed by atoms with E-state index in [1.54, 1.807) is 25.6 Å². The van der Waals surface area contributed by atoms with E-state index in [9.17, 15) is 9.90 Å². The second-order valence-electron chi connectivity index (χ2n) is 4.54. The van der Waals surface area contributed by atoms with Gasteiger partial charge in [0.1, 0.15) is 17.2 Å². The van der Waals surface area contributed by atoms with E-state index in [2.05, 4.69) is 97.2 Å². The van der Waals surface area contributed by atoms with Crippen LogP contribution in [0.25, 0.3) is 0 Å². The van der Waals surface area contributed by atoms with Crippen LogP contribution >= 0.6 is 90.9 Å². The lowest BCUT2D eigenvalue weighted by Crippen LogP contribution is -2.36. The molecule has 2 atom stereocenters. The summed E-state index contributed by atoms with van der Waals surface area (Å²) in [4.78, 5) is 11.4. The van der Waals surface area contributed by atoms with Crippen molar-refractivity contribution in [1.82, 2.24) is 1.33 Å². The van der Waals surface area contributed by atoms with E-state index >= 15 is 0 Å². The number of carbonyl (C=O) groups excluding carboxylic acids is 1. The first kappa shape index (κ1) is 19.9. The Morgan fingerprint density at radius 1 is 1.04 bits per heavy atom. The van der Waals surface area contributed by atoms with E-state index < -0.39 is 3.55 Å². The average molecular weight is 760 g/mol. The number of nitrogens with zero attached hydrogens (tertiary/aromatic N) is 1. The summed E-state index contributed by atoms with van der Waals surface area (Å²) in [6.07, 6.45) is 2.12. The Balaban J connectivity index is 2.15. The fraction of sp³-hybridized carbons (Fsp3) is 0.133. The van der Waals surface area contributed by atoms with Crippen LogP contribution in [0.5, 0.6) is 17.2 Å². The zero-order chi connectivity index (χ0) is 17.0. The number of halogens is 4. The Bertz CT molecular complexity index is 663. The molecular formula is C15H10I4NO3. The number of rotatable bonds is 6. The highest BCUT2D eigenvalue weighted by molar-refractivity contribution is 14.2. The van der Waals surface area contributed by atoms with Crippen LogP contribution in [0.3, 0.4) is 0 Å². The van der Waals surface area contributed by atoms with Crippen molar-refractivity contribution in [3.05, 3.63) is 54.1 Å². The molecule has 0 heterocycles. The highest BCUT2D eigenvalue weighted by Crippen LogP contribution is 2.46. The molecule has 0 amide bonds. The second-order valence-corrected chi connectivity index (χ2v) is 11.2. The van der Waals surface area contributed by atoms with Crippen molar-refractivity contribution in [2.45, 2.75) is 7.47 Å². The summed E-state index contributed by atoms with van der Waals surface area (Å²) in [7, 11) is 0. The monoisotopic (exact) mass is 760 g/mol. The molecule has 4 nitrogen and oxygen atoms in total. The van der Waals surface area contributed by atoms with E-state index in [-0.39, 0.29) is 9.67 Å². The normalized spacial score (nSPS) is 15.0. The molecule has 0 fully saturated rings. The molecule has 23 heavy (non-hydrogen) atoms. The van der Waals surface area contributed by atoms with Gasteiger partial charge in [0.15, 0.2) is 3.55 Å². The summed E-state index contributed by atoms with van der Waals surface area (Å²) in [6, 6.07) is 14.1. The SMILES string of the molecule is O=[C][C@](I)(C(I)c1ccc(Oc2ccc(O)cc2)cc1)N(I)I. The molecule has 1 radical (unpaired) electrons. The first-order valence-corrected chi connectivity index (χ1v) is 10.5. The van der Waals surface area contributed by atoms with Crippen LogP contribution < -0.4 is 4.74 Å². The zero-order valence-electron chi connectivity index (χ0n) is 11.4. The standard InChI is InChI=1S/C15H10I4NO3/c16-14(15(17,9-21)20(18)19)10-1-5-12(6-2-10)23-13-7-3-11(22)4-8-13/h1-8,14,22H/t14?,15-/m1/s1. The number of hydrogen-bond acceptors (Lipinski definition) is 4. The smallest absolute Gasteiger partial charge is 0.234 e. The molecule has 1 N–H and O–H groups in total. The Hall–Kier alpha value is 0.590. The van der Waals surface area contributed by atoms with Crippen LogP contribution in [0.4, 0.5) is 0 Å². The number of alkyl halides is 2. The minimum absolute atomic E-state index is 0.0604. The maximum atomic E-state index is 11.4. The molecular weight excluding hydrogens is 750 g/mol. The minimum Gasteiger partial charge on any atom is -0.508 e. The fourth-order valence-corrected chi connectivity index (χ4v) is 4.75. The molecule has 2 rings (SSSR count). The molecule has 0 aliphatic carbocycles. The maximum Gasteiger partial charge on any atom is 0.234 e. The highest BCUT2D eigenvalue weighted by atomic mass is 127. The zero-order valence-corrected chi connectivity index (χ0v) is 20.0. The van der Waals surface area contributed by atoms with Crippen molar-refractivity contribution < 1.29 is 14.6 Å². The van der Waals surface area contributed by atoms with Gasteiger partial charge in [-0.3, -0.25) is 4.79 Å². The Morgan fingerprint density at radius 3 is 1.96 bits per heavy atom. The number of phenols is 1. The first-order valence-electron chi connectivity index (χ1n) is 6.27. The van der Waals surface area contributed by atoms with Crippen molar-refractivity contribution >= 4 is 97.2 Å². The molecule has 0 aromatic heterocycles. The van der Waals surface area contributed by atoms with E-state index in [0.717, 1.165) is 5.56 Å². The van der Waals surface area contributed by atoms with Gasteiger partial charge in [0.25, 0.3) is 0 Å². The molecule has 121 valence electrons. The van der Waals surface area contributed by atoms with Gasteiger partial charge in [0, 0.05) is 45.7 Å². The molecule has 0 saturated heterocycles. The molecule has 0 aliphatic heterocycles.